The molecule has 1 atom stereocenters. The number of amides is 1. The van der Waals surface area contributed by atoms with Gasteiger partial charge in [0.1, 0.15) is 5.75 Å². The van der Waals surface area contributed by atoms with Crippen LogP contribution >= 0.6 is 0 Å². The molecule has 0 spiro atoms. The van der Waals surface area contributed by atoms with Gasteiger partial charge in [0, 0.05) is 6.54 Å². The SMILES string of the molecule is CCCCCNC(=O)[C@@H](C)Oc1ccc(C)c(C)c1. The summed E-state index contributed by atoms with van der Waals surface area (Å²) in [5.74, 6) is 0.702. The Bertz CT molecular complexity index is 415. The molecule has 0 radical (unpaired) electrons. The largest absolute Gasteiger partial charge is 0.481 e. The molecule has 0 heterocycles. The lowest BCUT2D eigenvalue weighted by atomic mass is 10.1. The predicted octanol–water partition coefficient (Wildman–Crippen LogP) is 3.38. The van der Waals surface area contributed by atoms with Crippen LogP contribution in [-0.2, 0) is 4.79 Å². The molecule has 1 rings (SSSR count). The highest BCUT2D eigenvalue weighted by Gasteiger charge is 2.13. The average molecular weight is 263 g/mol. The van der Waals surface area contributed by atoms with Gasteiger partial charge in [-0.1, -0.05) is 25.8 Å². The number of nitrogens with one attached hydrogen (secondary N) is 1. The van der Waals surface area contributed by atoms with Gasteiger partial charge in [-0.25, -0.2) is 0 Å². The highest BCUT2D eigenvalue weighted by atomic mass is 16.5. The van der Waals surface area contributed by atoms with Crippen molar-refractivity contribution in [3.63, 3.8) is 0 Å². The van der Waals surface area contributed by atoms with E-state index in [0.29, 0.717) is 0 Å². The zero-order chi connectivity index (χ0) is 14.3. The highest BCUT2D eigenvalue weighted by molar-refractivity contribution is 5.80. The van der Waals surface area contributed by atoms with Gasteiger partial charge in [0.25, 0.3) is 5.91 Å². The first kappa shape index (κ1) is 15.5. The summed E-state index contributed by atoms with van der Waals surface area (Å²) >= 11 is 0. The Balaban J connectivity index is 2.42. The summed E-state index contributed by atoms with van der Waals surface area (Å²) in [6.07, 6.45) is 2.87. The number of rotatable bonds is 7. The Kier molecular flexibility index (Phi) is 6.40. The van der Waals surface area contributed by atoms with Crippen LogP contribution in [0.3, 0.4) is 0 Å². The van der Waals surface area contributed by atoms with Gasteiger partial charge < -0.3 is 10.1 Å². The van der Waals surface area contributed by atoms with E-state index >= 15 is 0 Å². The number of carbonyl (C=O) groups excluding carboxylic acids is 1. The predicted molar refractivity (Wildman–Crippen MR) is 78.5 cm³/mol. The van der Waals surface area contributed by atoms with Crippen molar-refractivity contribution in [2.75, 3.05) is 6.54 Å². The van der Waals surface area contributed by atoms with Crippen LogP contribution in [0.15, 0.2) is 18.2 Å². The Morgan fingerprint density at radius 1 is 1.26 bits per heavy atom. The molecule has 3 heteroatoms. The van der Waals surface area contributed by atoms with E-state index in [1.807, 2.05) is 25.1 Å². The van der Waals surface area contributed by atoms with Gasteiger partial charge in [-0.3, -0.25) is 4.79 Å². The van der Waals surface area contributed by atoms with Crippen molar-refractivity contribution in [1.29, 1.82) is 0 Å². The molecule has 1 N–H and O–H groups in total. The monoisotopic (exact) mass is 263 g/mol. The van der Waals surface area contributed by atoms with E-state index in [4.69, 9.17) is 4.74 Å². The summed E-state index contributed by atoms with van der Waals surface area (Å²) in [7, 11) is 0. The minimum atomic E-state index is -0.455. The fourth-order valence-electron chi connectivity index (χ4n) is 1.78. The minimum absolute atomic E-state index is 0.0469. The van der Waals surface area contributed by atoms with E-state index in [0.717, 1.165) is 31.6 Å². The quantitative estimate of drug-likeness (QED) is 0.766. The van der Waals surface area contributed by atoms with E-state index in [1.54, 1.807) is 6.92 Å². The smallest absolute Gasteiger partial charge is 0.260 e. The number of carbonyl (C=O) groups is 1. The normalized spacial score (nSPS) is 12.0. The fraction of sp³-hybridized carbons (Fsp3) is 0.562. The number of hydrogen-bond donors (Lipinski definition) is 1. The molecule has 0 unspecified atom stereocenters. The third-order valence-electron chi connectivity index (χ3n) is 3.24. The fourth-order valence-corrected chi connectivity index (χ4v) is 1.78. The van der Waals surface area contributed by atoms with Gasteiger partial charge >= 0.3 is 0 Å². The van der Waals surface area contributed by atoms with E-state index in [-0.39, 0.29) is 5.91 Å². The number of ether oxygens (including phenoxy) is 1. The van der Waals surface area contributed by atoms with Crippen molar-refractivity contribution in [1.82, 2.24) is 5.32 Å². The van der Waals surface area contributed by atoms with Crippen molar-refractivity contribution in [3.05, 3.63) is 29.3 Å². The number of hydrogen-bond acceptors (Lipinski definition) is 2. The third-order valence-corrected chi connectivity index (χ3v) is 3.24. The summed E-state index contributed by atoms with van der Waals surface area (Å²) in [5, 5.41) is 2.90. The standard InChI is InChI=1S/C16H25NO2/c1-5-6-7-10-17-16(18)14(4)19-15-9-8-12(2)13(3)11-15/h8-9,11,14H,5-7,10H2,1-4H3,(H,17,18)/t14-/m1/s1. The zero-order valence-corrected chi connectivity index (χ0v) is 12.5. The van der Waals surface area contributed by atoms with E-state index in [2.05, 4.69) is 19.2 Å². The molecule has 1 aromatic carbocycles. The van der Waals surface area contributed by atoms with Crippen LogP contribution in [0.1, 0.15) is 44.2 Å². The molecule has 3 nitrogen and oxygen atoms in total. The Morgan fingerprint density at radius 2 is 2.00 bits per heavy atom. The van der Waals surface area contributed by atoms with E-state index < -0.39 is 6.10 Å². The summed E-state index contributed by atoms with van der Waals surface area (Å²) < 4.78 is 5.66. The van der Waals surface area contributed by atoms with Crippen LogP contribution in [0.25, 0.3) is 0 Å². The number of benzene rings is 1. The first-order chi connectivity index (χ1) is 9.04. The number of unbranched alkanes of at least 4 members (excludes halogenated alkanes) is 2. The van der Waals surface area contributed by atoms with Crippen LogP contribution in [-0.4, -0.2) is 18.6 Å². The second-order valence-corrected chi connectivity index (χ2v) is 5.00. The van der Waals surface area contributed by atoms with Crippen LogP contribution in [0.5, 0.6) is 5.75 Å². The molecule has 19 heavy (non-hydrogen) atoms. The Hall–Kier alpha value is -1.51. The molecular formula is C16H25NO2. The summed E-state index contributed by atoms with van der Waals surface area (Å²) in [5.41, 5.74) is 2.40. The maximum atomic E-state index is 11.8. The Labute approximate surface area is 116 Å². The first-order valence-electron chi connectivity index (χ1n) is 7.06. The highest BCUT2D eigenvalue weighted by Crippen LogP contribution is 2.17. The first-order valence-corrected chi connectivity index (χ1v) is 7.06. The van der Waals surface area contributed by atoms with Crippen LogP contribution in [0.4, 0.5) is 0 Å². The summed E-state index contributed by atoms with van der Waals surface area (Å²) in [4.78, 5) is 11.8. The molecule has 0 aliphatic carbocycles. The summed E-state index contributed by atoms with van der Waals surface area (Å²) in [6.45, 7) is 8.76. The van der Waals surface area contributed by atoms with Crippen LogP contribution in [0.2, 0.25) is 0 Å². The van der Waals surface area contributed by atoms with Gasteiger partial charge in [0.15, 0.2) is 6.10 Å². The topological polar surface area (TPSA) is 38.3 Å². The van der Waals surface area contributed by atoms with E-state index in [9.17, 15) is 4.79 Å². The summed E-state index contributed by atoms with van der Waals surface area (Å²) in [6, 6.07) is 5.88. The second kappa shape index (κ2) is 7.82. The number of aryl methyl sites for hydroxylation is 2. The maximum Gasteiger partial charge on any atom is 0.260 e. The van der Waals surface area contributed by atoms with Crippen molar-refractivity contribution in [2.45, 2.75) is 53.1 Å². The molecular weight excluding hydrogens is 238 g/mol. The van der Waals surface area contributed by atoms with Gasteiger partial charge in [0.2, 0.25) is 0 Å². The molecule has 1 aromatic rings. The lowest BCUT2D eigenvalue weighted by Gasteiger charge is -2.15. The molecule has 106 valence electrons. The molecule has 1 amide bonds. The zero-order valence-electron chi connectivity index (χ0n) is 12.5. The average Bonchev–Trinajstić information content (AvgIpc) is 2.38. The minimum Gasteiger partial charge on any atom is -0.481 e. The lowest BCUT2D eigenvalue weighted by molar-refractivity contribution is -0.127. The van der Waals surface area contributed by atoms with Crippen LogP contribution < -0.4 is 10.1 Å². The molecule has 0 aromatic heterocycles. The van der Waals surface area contributed by atoms with Gasteiger partial charge in [-0.15, -0.1) is 0 Å². The van der Waals surface area contributed by atoms with Crippen molar-refractivity contribution in [3.8, 4) is 5.75 Å². The second-order valence-electron chi connectivity index (χ2n) is 5.00. The molecule has 0 fully saturated rings. The van der Waals surface area contributed by atoms with E-state index in [1.165, 1.54) is 11.1 Å². The Morgan fingerprint density at radius 3 is 2.63 bits per heavy atom. The molecule has 0 aliphatic rings. The van der Waals surface area contributed by atoms with Gasteiger partial charge in [-0.05, 0) is 50.5 Å². The van der Waals surface area contributed by atoms with Crippen LogP contribution in [0, 0.1) is 13.8 Å². The molecule has 0 saturated heterocycles. The molecule has 0 bridgehead atoms. The third kappa shape index (κ3) is 5.33. The van der Waals surface area contributed by atoms with Crippen molar-refractivity contribution < 1.29 is 9.53 Å². The van der Waals surface area contributed by atoms with Gasteiger partial charge in [0.05, 0.1) is 0 Å². The lowest BCUT2D eigenvalue weighted by Crippen LogP contribution is -2.36. The molecule has 0 aliphatic heterocycles. The van der Waals surface area contributed by atoms with Crippen molar-refractivity contribution >= 4 is 5.91 Å². The molecule has 0 saturated carbocycles. The van der Waals surface area contributed by atoms with Crippen molar-refractivity contribution in [2.24, 2.45) is 0 Å². The van der Waals surface area contributed by atoms with Gasteiger partial charge in [-0.2, -0.15) is 0 Å². The maximum absolute atomic E-state index is 11.8.